The van der Waals surface area contributed by atoms with Crippen molar-refractivity contribution in [2.45, 2.75) is 84.2 Å². The molecule has 0 aromatic heterocycles. The molecule has 0 spiro atoms. The van der Waals surface area contributed by atoms with E-state index in [0.29, 0.717) is 6.17 Å². The van der Waals surface area contributed by atoms with Crippen LogP contribution in [0.2, 0.25) is 0 Å². The summed E-state index contributed by atoms with van der Waals surface area (Å²) in [4.78, 5) is 7.33. The second kappa shape index (κ2) is 9.45. The van der Waals surface area contributed by atoms with E-state index in [1.165, 1.54) is 83.1 Å². The van der Waals surface area contributed by atoms with E-state index in [0.717, 1.165) is 12.5 Å². The zero-order valence-electron chi connectivity index (χ0n) is 14.2. The van der Waals surface area contributed by atoms with Gasteiger partial charge in [-0.15, -0.1) is 0 Å². The van der Waals surface area contributed by atoms with Gasteiger partial charge in [0, 0.05) is 19.5 Å². The summed E-state index contributed by atoms with van der Waals surface area (Å²) in [6, 6.07) is 0. The topological polar surface area (TPSA) is 27.6 Å². The third-order valence-corrected chi connectivity index (χ3v) is 5.00. The number of nitrogens with zero attached hydrogens (tertiary/aromatic N) is 2. The third-order valence-electron chi connectivity index (χ3n) is 5.00. The molecule has 0 aromatic carbocycles. The molecule has 3 nitrogen and oxygen atoms in total. The molecule has 2 atom stereocenters. The van der Waals surface area contributed by atoms with Crippen molar-refractivity contribution in [1.82, 2.24) is 10.2 Å². The number of amidine groups is 1. The van der Waals surface area contributed by atoms with Crippen molar-refractivity contribution in [2.75, 3.05) is 19.6 Å². The fourth-order valence-electron chi connectivity index (χ4n) is 3.60. The Hall–Kier alpha value is -0.570. The van der Waals surface area contributed by atoms with Crippen LogP contribution in [0.4, 0.5) is 0 Å². The van der Waals surface area contributed by atoms with E-state index in [2.05, 4.69) is 24.1 Å². The molecule has 2 aliphatic rings. The molecule has 0 radical (unpaired) electrons. The Bertz CT molecular complexity index is 314. The van der Waals surface area contributed by atoms with E-state index in [-0.39, 0.29) is 0 Å². The molecule has 0 saturated carbocycles. The van der Waals surface area contributed by atoms with Crippen LogP contribution in [0.5, 0.6) is 0 Å². The molecule has 2 aliphatic heterocycles. The summed E-state index contributed by atoms with van der Waals surface area (Å²) < 4.78 is 0. The molecule has 0 aromatic rings. The molecule has 2 heterocycles. The molecule has 0 amide bonds. The summed E-state index contributed by atoms with van der Waals surface area (Å²) >= 11 is 0. The minimum Gasteiger partial charge on any atom is -0.345 e. The lowest BCUT2D eigenvalue weighted by atomic mass is 10.00. The smallest absolute Gasteiger partial charge is 0.100 e. The molecule has 1 N–H and O–H groups in total. The molecular formula is C18H35N3. The largest absolute Gasteiger partial charge is 0.345 e. The summed E-state index contributed by atoms with van der Waals surface area (Å²) in [5.41, 5.74) is 0. The van der Waals surface area contributed by atoms with E-state index in [1.807, 2.05) is 0 Å². The van der Waals surface area contributed by atoms with E-state index in [1.54, 1.807) is 0 Å². The Morgan fingerprint density at radius 2 is 2.14 bits per heavy atom. The molecule has 0 aliphatic carbocycles. The summed E-state index contributed by atoms with van der Waals surface area (Å²) in [6.07, 6.45) is 13.8. The van der Waals surface area contributed by atoms with Crippen molar-refractivity contribution in [2.24, 2.45) is 10.9 Å². The number of rotatable bonds is 8. The Kier molecular flexibility index (Phi) is 7.56. The zero-order chi connectivity index (χ0) is 14.9. The summed E-state index contributed by atoms with van der Waals surface area (Å²) in [5.74, 6) is 2.25. The number of aliphatic imine (C=N–C) groups is 1. The van der Waals surface area contributed by atoms with Gasteiger partial charge in [0.05, 0.1) is 6.17 Å². The average molecular weight is 293 g/mol. The quantitative estimate of drug-likeness (QED) is 0.680. The van der Waals surface area contributed by atoms with Crippen LogP contribution in [0.3, 0.4) is 0 Å². The molecule has 0 bridgehead atoms. The Labute approximate surface area is 131 Å². The first-order chi connectivity index (χ1) is 10.3. The standard InChI is InChI=1S/C18H35N3/c1-3-4-5-9-16(2)12-14-20-18-11-7-6-10-17-19-13-8-15-21(17)18/h16,18,20H,3-15H2,1-2H3. The van der Waals surface area contributed by atoms with Crippen LogP contribution in [0.1, 0.15) is 78.1 Å². The van der Waals surface area contributed by atoms with Gasteiger partial charge in [0.15, 0.2) is 0 Å². The van der Waals surface area contributed by atoms with Crippen molar-refractivity contribution in [3.05, 3.63) is 0 Å². The van der Waals surface area contributed by atoms with Crippen LogP contribution in [0, 0.1) is 5.92 Å². The first-order valence-corrected chi connectivity index (χ1v) is 9.34. The number of hydrogen-bond acceptors (Lipinski definition) is 3. The Balaban J connectivity index is 1.71. The maximum atomic E-state index is 4.76. The highest BCUT2D eigenvalue weighted by Crippen LogP contribution is 2.20. The van der Waals surface area contributed by atoms with Crippen molar-refractivity contribution in [3.8, 4) is 0 Å². The highest BCUT2D eigenvalue weighted by molar-refractivity contribution is 5.83. The van der Waals surface area contributed by atoms with Crippen LogP contribution < -0.4 is 5.32 Å². The first-order valence-electron chi connectivity index (χ1n) is 9.34. The molecule has 1 saturated heterocycles. The van der Waals surface area contributed by atoms with Gasteiger partial charge in [-0.25, -0.2) is 0 Å². The predicted octanol–water partition coefficient (Wildman–Crippen LogP) is 4.19. The summed E-state index contributed by atoms with van der Waals surface area (Å²) in [5, 5.41) is 3.83. The van der Waals surface area contributed by atoms with Crippen LogP contribution in [0.25, 0.3) is 0 Å². The van der Waals surface area contributed by atoms with Crippen molar-refractivity contribution >= 4 is 5.84 Å². The minimum atomic E-state index is 0.550. The fourth-order valence-corrected chi connectivity index (χ4v) is 3.60. The van der Waals surface area contributed by atoms with Gasteiger partial charge >= 0.3 is 0 Å². The number of nitrogens with one attached hydrogen (secondary N) is 1. The predicted molar refractivity (Wildman–Crippen MR) is 91.8 cm³/mol. The van der Waals surface area contributed by atoms with Gasteiger partial charge < -0.3 is 4.90 Å². The molecule has 2 unspecified atom stereocenters. The van der Waals surface area contributed by atoms with Crippen LogP contribution in [-0.4, -0.2) is 36.5 Å². The summed E-state index contributed by atoms with van der Waals surface area (Å²) in [7, 11) is 0. The highest BCUT2D eigenvalue weighted by atomic mass is 15.3. The van der Waals surface area contributed by atoms with Gasteiger partial charge in [0.1, 0.15) is 5.84 Å². The lowest BCUT2D eigenvalue weighted by Crippen LogP contribution is -2.50. The number of unbranched alkanes of at least 4 members (excludes halogenated alkanes) is 2. The van der Waals surface area contributed by atoms with Crippen LogP contribution in [0.15, 0.2) is 4.99 Å². The molecule has 3 heteroatoms. The highest BCUT2D eigenvalue weighted by Gasteiger charge is 2.25. The van der Waals surface area contributed by atoms with Gasteiger partial charge in [0.25, 0.3) is 0 Å². The lowest BCUT2D eigenvalue weighted by Gasteiger charge is -2.35. The molecule has 122 valence electrons. The van der Waals surface area contributed by atoms with Crippen molar-refractivity contribution in [3.63, 3.8) is 0 Å². The Morgan fingerprint density at radius 1 is 1.24 bits per heavy atom. The molecule has 2 rings (SSSR count). The maximum Gasteiger partial charge on any atom is 0.100 e. The monoisotopic (exact) mass is 293 g/mol. The van der Waals surface area contributed by atoms with E-state index < -0.39 is 0 Å². The third kappa shape index (κ3) is 5.61. The first kappa shape index (κ1) is 16.8. The Morgan fingerprint density at radius 3 is 3.00 bits per heavy atom. The zero-order valence-corrected chi connectivity index (χ0v) is 14.2. The van der Waals surface area contributed by atoms with Gasteiger partial charge in [-0.05, 0) is 44.6 Å². The minimum absolute atomic E-state index is 0.550. The molecular weight excluding hydrogens is 258 g/mol. The van der Waals surface area contributed by atoms with Gasteiger partial charge in [-0.2, -0.15) is 0 Å². The molecule has 1 fully saturated rings. The maximum absolute atomic E-state index is 4.76. The number of fused-ring (bicyclic) bond motifs is 1. The second-order valence-corrected chi connectivity index (χ2v) is 6.95. The van der Waals surface area contributed by atoms with E-state index in [4.69, 9.17) is 4.99 Å². The lowest BCUT2D eigenvalue weighted by molar-refractivity contribution is 0.237. The number of hydrogen-bond donors (Lipinski definition) is 1. The van der Waals surface area contributed by atoms with E-state index in [9.17, 15) is 0 Å². The van der Waals surface area contributed by atoms with Crippen LogP contribution >= 0.6 is 0 Å². The molecule has 21 heavy (non-hydrogen) atoms. The normalized spacial score (nSPS) is 24.2. The van der Waals surface area contributed by atoms with Gasteiger partial charge in [-0.1, -0.05) is 39.5 Å². The average Bonchev–Trinajstić information content (AvgIpc) is 2.70. The van der Waals surface area contributed by atoms with Gasteiger partial charge in [-0.3, -0.25) is 10.3 Å². The van der Waals surface area contributed by atoms with Crippen molar-refractivity contribution in [1.29, 1.82) is 0 Å². The van der Waals surface area contributed by atoms with Crippen LogP contribution in [-0.2, 0) is 0 Å². The SMILES string of the molecule is CCCCCC(C)CCNC1CCCCC2=NCCCN21. The summed E-state index contributed by atoms with van der Waals surface area (Å²) in [6.45, 7) is 8.13. The van der Waals surface area contributed by atoms with Gasteiger partial charge in [0.2, 0.25) is 0 Å². The second-order valence-electron chi connectivity index (χ2n) is 6.95. The van der Waals surface area contributed by atoms with E-state index >= 15 is 0 Å². The van der Waals surface area contributed by atoms with Crippen molar-refractivity contribution < 1.29 is 0 Å². The fraction of sp³-hybridized carbons (Fsp3) is 0.944.